The first-order valence-electron chi connectivity index (χ1n) is 17.3. The van der Waals surface area contributed by atoms with E-state index >= 15 is 0 Å². The zero-order valence-corrected chi connectivity index (χ0v) is 30.8. The molecular weight excluding hydrogens is 716 g/mol. The van der Waals surface area contributed by atoms with Crippen molar-refractivity contribution in [1.29, 1.82) is 0 Å². The van der Waals surface area contributed by atoms with Crippen molar-refractivity contribution in [2.45, 2.75) is 79.4 Å². The maximum Gasteiger partial charge on any atom is 0.302 e. The van der Waals surface area contributed by atoms with E-state index in [-0.39, 0.29) is 88.5 Å². The van der Waals surface area contributed by atoms with Crippen molar-refractivity contribution >= 4 is 23.5 Å². The van der Waals surface area contributed by atoms with Crippen LogP contribution in [-0.4, -0.2) is 102 Å². The molecule has 0 bridgehead atoms. The molecular formula is C34H48F4N4O11. The molecule has 298 valence electrons. The smallest absolute Gasteiger partial charge is 0.302 e. The zero-order chi connectivity index (χ0) is 39.4. The third-order valence-corrected chi connectivity index (χ3v) is 9.65. The van der Waals surface area contributed by atoms with Crippen LogP contribution in [0.4, 0.5) is 23.2 Å². The summed E-state index contributed by atoms with van der Waals surface area (Å²) < 4.78 is 103. The summed E-state index contributed by atoms with van der Waals surface area (Å²) in [6.45, 7) is 12.9. The maximum absolute atomic E-state index is 14.2. The summed E-state index contributed by atoms with van der Waals surface area (Å²) in [6.07, 6.45) is -2.86. The Morgan fingerprint density at radius 1 is 0.717 bits per heavy atom. The van der Waals surface area contributed by atoms with Crippen LogP contribution >= 0.6 is 0 Å². The molecule has 2 aliphatic rings. The second-order valence-corrected chi connectivity index (χ2v) is 13.1. The van der Waals surface area contributed by atoms with Crippen LogP contribution in [0.1, 0.15) is 58.8 Å². The Morgan fingerprint density at radius 3 is 1.83 bits per heavy atom. The largest absolute Gasteiger partial charge is 0.463 e. The lowest BCUT2D eigenvalue weighted by molar-refractivity contribution is -0.329. The Balaban J connectivity index is 1.43. The van der Waals surface area contributed by atoms with Crippen molar-refractivity contribution in [3.63, 3.8) is 0 Å². The first kappa shape index (κ1) is 43.8. The number of benzene rings is 1. The minimum absolute atomic E-state index is 0.00536. The summed E-state index contributed by atoms with van der Waals surface area (Å²) in [6, 6.07) is 0. The van der Waals surface area contributed by atoms with E-state index in [1.54, 1.807) is 0 Å². The molecule has 15 nitrogen and oxygen atoms in total. The molecule has 2 saturated heterocycles. The minimum Gasteiger partial charge on any atom is -0.463 e. The summed E-state index contributed by atoms with van der Waals surface area (Å²) in [7, 11) is 0. The van der Waals surface area contributed by atoms with E-state index in [1.165, 1.54) is 13.8 Å². The molecule has 0 radical (unpaired) electrons. The Kier molecular flexibility index (Phi) is 17.2. The highest BCUT2D eigenvalue weighted by Crippen LogP contribution is 2.40. The highest BCUT2D eigenvalue weighted by molar-refractivity contribution is 5.95. The molecule has 1 aromatic carbocycles. The molecule has 1 N–H and O–H groups in total. The van der Waals surface area contributed by atoms with Gasteiger partial charge in [-0.05, 0) is 23.3 Å². The van der Waals surface area contributed by atoms with Crippen LogP contribution in [0.5, 0.6) is 0 Å². The van der Waals surface area contributed by atoms with Gasteiger partial charge < -0.3 is 43.2 Å². The zero-order valence-electron chi connectivity index (χ0n) is 30.8. The molecule has 10 atom stereocenters. The lowest BCUT2D eigenvalue weighted by Gasteiger charge is -2.48. The van der Waals surface area contributed by atoms with E-state index in [0.717, 1.165) is 0 Å². The van der Waals surface area contributed by atoms with Crippen LogP contribution in [-0.2, 0) is 47.5 Å². The Morgan fingerprint density at radius 2 is 1.25 bits per heavy atom. The van der Waals surface area contributed by atoms with Gasteiger partial charge >= 0.3 is 11.9 Å². The van der Waals surface area contributed by atoms with Crippen molar-refractivity contribution in [2.24, 2.45) is 34.7 Å². The number of nitrogens with zero attached hydrogens (tertiary/aromatic N) is 3. The van der Waals surface area contributed by atoms with Gasteiger partial charge in [-0.3, -0.25) is 14.4 Å². The summed E-state index contributed by atoms with van der Waals surface area (Å²) >= 11 is 0. The molecule has 2 heterocycles. The quantitative estimate of drug-likeness (QED) is 0.0399. The normalized spacial score (nSPS) is 28.5. The van der Waals surface area contributed by atoms with Gasteiger partial charge in [0, 0.05) is 37.1 Å². The van der Waals surface area contributed by atoms with Crippen LogP contribution in [0.25, 0.3) is 10.4 Å². The average molecular weight is 765 g/mol. The van der Waals surface area contributed by atoms with Crippen molar-refractivity contribution in [1.82, 2.24) is 5.32 Å². The molecule has 0 aliphatic carbocycles. The number of nitrogens with one attached hydrogen (secondary N) is 1. The van der Waals surface area contributed by atoms with Crippen LogP contribution in [0.2, 0.25) is 0 Å². The number of halogens is 4. The first-order valence-corrected chi connectivity index (χ1v) is 17.3. The monoisotopic (exact) mass is 764 g/mol. The molecule has 53 heavy (non-hydrogen) atoms. The molecule has 0 aromatic heterocycles. The first-order chi connectivity index (χ1) is 25.1. The van der Waals surface area contributed by atoms with Crippen LogP contribution < -0.4 is 5.32 Å². The van der Waals surface area contributed by atoms with Crippen molar-refractivity contribution in [3.8, 4) is 0 Å². The molecule has 2 fully saturated rings. The van der Waals surface area contributed by atoms with Gasteiger partial charge in [0.2, 0.25) is 0 Å². The van der Waals surface area contributed by atoms with Crippen LogP contribution in [0.15, 0.2) is 5.11 Å². The van der Waals surface area contributed by atoms with Gasteiger partial charge in [0.15, 0.2) is 35.8 Å². The predicted molar refractivity (Wildman–Crippen MR) is 176 cm³/mol. The molecule has 1 aromatic rings. The van der Waals surface area contributed by atoms with E-state index < -0.39 is 77.2 Å². The van der Waals surface area contributed by atoms with Crippen LogP contribution in [0.3, 0.4) is 0 Å². The second kappa shape index (κ2) is 20.8. The minimum atomic E-state index is -2.00. The number of esters is 2. The molecule has 0 saturated carbocycles. The number of azide groups is 1. The van der Waals surface area contributed by atoms with Gasteiger partial charge in [0.05, 0.1) is 45.2 Å². The summed E-state index contributed by atoms with van der Waals surface area (Å²) in [5.41, 5.74) is 5.29. The topological polar surface area (TPSA) is 186 Å². The van der Waals surface area contributed by atoms with E-state index in [9.17, 15) is 31.9 Å². The number of hydrogen-bond donors (Lipinski definition) is 1. The average Bonchev–Trinajstić information content (AvgIpc) is 3.11. The highest BCUT2D eigenvalue weighted by atomic mass is 19.2. The number of ether oxygens (including phenoxy) is 8. The fourth-order valence-electron chi connectivity index (χ4n) is 6.00. The second-order valence-electron chi connectivity index (χ2n) is 13.1. The Hall–Kier alpha value is -3.58. The van der Waals surface area contributed by atoms with Gasteiger partial charge in [-0.2, -0.15) is 0 Å². The highest BCUT2D eigenvalue weighted by Gasteiger charge is 2.47. The van der Waals surface area contributed by atoms with E-state index in [4.69, 9.17) is 43.4 Å². The lowest BCUT2D eigenvalue weighted by Crippen LogP contribution is -2.56. The van der Waals surface area contributed by atoms with Gasteiger partial charge in [-0.15, -0.1) is 0 Å². The molecule has 3 rings (SSSR count). The van der Waals surface area contributed by atoms with Crippen molar-refractivity contribution in [2.75, 3.05) is 52.8 Å². The fraction of sp³-hybridized carbons (Fsp3) is 0.735. The molecule has 2 aliphatic heterocycles. The van der Waals surface area contributed by atoms with Gasteiger partial charge in [-0.25, -0.2) is 17.6 Å². The fourth-order valence-corrected chi connectivity index (χ4v) is 6.00. The van der Waals surface area contributed by atoms with Crippen molar-refractivity contribution in [3.05, 3.63) is 39.3 Å². The number of carbonyl (C=O) groups excluding carboxylic acids is 3. The van der Waals surface area contributed by atoms with E-state index in [1.807, 2.05) is 27.7 Å². The number of amides is 1. The summed E-state index contributed by atoms with van der Waals surface area (Å²) in [5, 5.41) is 4.66. The van der Waals surface area contributed by atoms with Crippen molar-refractivity contribution < 1.29 is 69.8 Å². The van der Waals surface area contributed by atoms with E-state index in [0.29, 0.717) is 0 Å². The molecule has 1 amide bonds. The van der Waals surface area contributed by atoms with Gasteiger partial charge in [-0.1, -0.05) is 39.7 Å². The Bertz CT molecular complexity index is 1440. The van der Waals surface area contributed by atoms with Gasteiger partial charge in [0.25, 0.3) is 5.91 Å². The van der Waals surface area contributed by atoms with Crippen LogP contribution in [0, 0.1) is 52.9 Å². The maximum atomic E-state index is 14.2. The predicted octanol–water partition coefficient (Wildman–Crippen LogP) is 5.11. The molecule has 19 heteroatoms. The molecule has 4 unspecified atom stereocenters. The lowest BCUT2D eigenvalue weighted by atomic mass is 9.78. The summed E-state index contributed by atoms with van der Waals surface area (Å²) in [5.74, 6) is -10.3. The number of rotatable bonds is 18. The summed E-state index contributed by atoms with van der Waals surface area (Å²) in [4.78, 5) is 37.4. The standard InChI is InChI=1S/C34H48F4N4O11/c1-16-17(2)23(14-49-21(6)43)51-34(19(16)4)53-31-18(3)20(5)33(52-24(31)15-50-22(7)44)48-13-12-47-11-10-46-9-8-40-32(45)25-26(35)28(37)30(41-42-39)29(38)27(25)36/h16-20,23-24,31,33-34H,8-15H2,1-7H3,(H,40,45)/t16-,17-,18+,19?,20?,23?,24?,31-,33+,34-/m0/s1. The Labute approximate surface area is 304 Å². The number of hydrogen-bond acceptors (Lipinski definition) is 12. The van der Waals surface area contributed by atoms with E-state index in [2.05, 4.69) is 22.3 Å². The van der Waals surface area contributed by atoms with Gasteiger partial charge in [0.1, 0.15) is 30.6 Å². The SMILES string of the molecule is CC(=O)OCC1O[C@@H](O[C@@H]2C(COC(C)=O)O[C@@H](OCCOCCOCCNC(=O)c3c(F)c(F)c(N=[N+]=[N-])c(F)c3F)C(C)[C@H]2C)C(C)[C@@H](C)[C@@H]1C. The molecule has 0 spiro atoms. The third-order valence-electron chi connectivity index (χ3n) is 9.65. The number of carbonyl (C=O) groups is 3. The third kappa shape index (κ3) is 11.7.